The highest BCUT2D eigenvalue weighted by Crippen LogP contribution is 2.25. The summed E-state index contributed by atoms with van der Waals surface area (Å²) in [5.74, 6) is 0.747. The van der Waals surface area contributed by atoms with Crippen LogP contribution in [-0.4, -0.2) is 4.98 Å². The normalized spacial score (nSPS) is 12.7. The summed E-state index contributed by atoms with van der Waals surface area (Å²) < 4.78 is 6.13. The van der Waals surface area contributed by atoms with E-state index in [9.17, 15) is 0 Å². The van der Waals surface area contributed by atoms with Gasteiger partial charge in [0.15, 0.2) is 0 Å². The molecule has 0 fully saturated rings. The van der Waals surface area contributed by atoms with Crippen molar-refractivity contribution in [3.8, 4) is 0 Å². The lowest BCUT2D eigenvalue weighted by atomic mass is 10.1. The topological polar surface area (TPSA) is 52.0 Å². The van der Waals surface area contributed by atoms with Crippen LogP contribution in [0.3, 0.4) is 0 Å². The second-order valence-electron chi connectivity index (χ2n) is 2.89. The molecule has 4 heteroatoms. The van der Waals surface area contributed by atoms with Gasteiger partial charge in [0.1, 0.15) is 5.76 Å². The van der Waals surface area contributed by atoms with E-state index >= 15 is 0 Å². The van der Waals surface area contributed by atoms with E-state index < -0.39 is 0 Å². The van der Waals surface area contributed by atoms with Crippen LogP contribution >= 0.6 is 15.9 Å². The molecule has 2 N–H and O–H groups in total. The van der Waals surface area contributed by atoms with Gasteiger partial charge in [0.25, 0.3) is 0 Å². The second kappa shape index (κ2) is 3.94. The number of pyridine rings is 1. The molecule has 0 aromatic carbocycles. The van der Waals surface area contributed by atoms with Gasteiger partial charge in [0, 0.05) is 16.9 Å². The number of halogens is 1. The Morgan fingerprint density at radius 3 is 2.93 bits per heavy atom. The van der Waals surface area contributed by atoms with Crippen LogP contribution in [0.15, 0.2) is 45.7 Å². The van der Waals surface area contributed by atoms with Crippen molar-refractivity contribution in [3.63, 3.8) is 0 Å². The van der Waals surface area contributed by atoms with Crippen LogP contribution in [0.4, 0.5) is 0 Å². The van der Waals surface area contributed by atoms with Crippen molar-refractivity contribution in [2.24, 2.45) is 5.73 Å². The second-order valence-corrected chi connectivity index (χ2v) is 3.74. The van der Waals surface area contributed by atoms with Crippen LogP contribution in [0, 0.1) is 0 Å². The van der Waals surface area contributed by atoms with Crippen LogP contribution in [0.2, 0.25) is 0 Å². The quantitative estimate of drug-likeness (QED) is 0.894. The Balaban J connectivity index is 2.37. The number of nitrogens with zero attached hydrogens (tertiary/aromatic N) is 1. The van der Waals surface area contributed by atoms with E-state index in [4.69, 9.17) is 10.2 Å². The first-order chi connectivity index (χ1) is 6.79. The summed E-state index contributed by atoms with van der Waals surface area (Å²) in [6, 6.07) is 5.31. The van der Waals surface area contributed by atoms with Gasteiger partial charge >= 0.3 is 0 Å². The maximum absolute atomic E-state index is 6.01. The minimum atomic E-state index is -0.248. The summed E-state index contributed by atoms with van der Waals surface area (Å²) in [5, 5.41) is 0. The third-order valence-electron chi connectivity index (χ3n) is 1.99. The lowest BCUT2D eigenvalue weighted by molar-refractivity contribution is 0.489. The van der Waals surface area contributed by atoms with Gasteiger partial charge in [-0.25, -0.2) is 0 Å². The molecule has 1 atom stereocenters. The van der Waals surface area contributed by atoms with Crippen LogP contribution in [-0.2, 0) is 0 Å². The maximum atomic E-state index is 6.01. The van der Waals surface area contributed by atoms with Crippen molar-refractivity contribution in [1.29, 1.82) is 0 Å². The van der Waals surface area contributed by atoms with E-state index in [1.807, 2.05) is 18.2 Å². The Hall–Kier alpha value is -1.13. The first kappa shape index (κ1) is 9.43. The number of hydrogen-bond donors (Lipinski definition) is 1. The lowest BCUT2D eigenvalue weighted by Crippen LogP contribution is -2.11. The van der Waals surface area contributed by atoms with Crippen LogP contribution in [0.1, 0.15) is 17.4 Å². The van der Waals surface area contributed by atoms with Crippen LogP contribution in [0.25, 0.3) is 0 Å². The number of hydrogen-bond acceptors (Lipinski definition) is 3. The van der Waals surface area contributed by atoms with Crippen molar-refractivity contribution in [3.05, 3.63) is 52.7 Å². The van der Waals surface area contributed by atoms with Gasteiger partial charge < -0.3 is 10.2 Å². The van der Waals surface area contributed by atoms with Gasteiger partial charge in [0.05, 0.1) is 12.3 Å². The van der Waals surface area contributed by atoms with E-state index in [0.717, 1.165) is 15.8 Å². The van der Waals surface area contributed by atoms with Crippen molar-refractivity contribution in [2.75, 3.05) is 0 Å². The molecule has 0 saturated heterocycles. The predicted octanol–water partition coefficient (Wildman–Crippen LogP) is 2.49. The first-order valence-corrected chi connectivity index (χ1v) is 4.96. The average Bonchev–Trinajstić information content (AvgIpc) is 2.70. The van der Waals surface area contributed by atoms with Gasteiger partial charge in [0.2, 0.25) is 0 Å². The fraction of sp³-hybridized carbons (Fsp3) is 0.100. The molecule has 0 aliphatic heterocycles. The maximum Gasteiger partial charge on any atom is 0.125 e. The molecular formula is C10H9BrN2O. The summed E-state index contributed by atoms with van der Waals surface area (Å²) in [6.07, 6.45) is 5.05. The number of rotatable bonds is 2. The van der Waals surface area contributed by atoms with Gasteiger partial charge in [-0.05, 0) is 39.7 Å². The van der Waals surface area contributed by atoms with Crippen LogP contribution < -0.4 is 5.73 Å². The molecule has 0 amide bonds. The van der Waals surface area contributed by atoms with E-state index in [1.165, 1.54) is 0 Å². The van der Waals surface area contributed by atoms with Gasteiger partial charge in [-0.15, -0.1) is 0 Å². The molecule has 2 aromatic rings. The van der Waals surface area contributed by atoms with Gasteiger partial charge in [-0.3, -0.25) is 4.98 Å². The zero-order chi connectivity index (χ0) is 9.97. The summed E-state index contributed by atoms with van der Waals surface area (Å²) in [4.78, 5) is 3.98. The third kappa shape index (κ3) is 1.71. The molecule has 72 valence electrons. The van der Waals surface area contributed by atoms with E-state index in [-0.39, 0.29) is 6.04 Å². The highest BCUT2D eigenvalue weighted by Gasteiger charge is 2.13. The lowest BCUT2D eigenvalue weighted by Gasteiger charge is -2.10. The number of furan rings is 1. The minimum absolute atomic E-state index is 0.248. The summed E-state index contributed by atoms with van der Waals surface area (Å²) in [6.45, 7) is 0. The molecule has 1 unspecified atom stereocenters. The number of aromatic nitrogens is 1. The predicted molar refractivity (Wildman–Crippen MR) is 56.7 cm³/mol. The van der Waals surface area contributed by atoms with Crippen molar-refractivity contribution < 1.29 is 4.42 Å². The zero-order valence-electron chi connectivity index (χ0n) is 7.35. The van der Waals surface area contributed by atoms with E-state index in [2.05, 4.69) is 20.9 Å². The molecule has 0 aliphatic carbocycles. The van der Waals surface area contributed by atoms with Crippen LogP contribution in [0.5, 0.6) is 0 Å². The summed E-state index contributed by atoms with van der Waals surface area (Å²) in [7, 11) is 0. The standard InChI is InChI=1S/C10H9BrN2O/c11-8-6-13-4-3-7(8)10(12)9-2-1-5-14-9/h1-6,10H,12H2. The highest BCUT2D eigenvalue weighted by atomic mass is 79.9. The van der Waals surface area contributed by atoms with Gasteiger partial charge in [-0.1, -0.05) is 0 Å². The Kier molecular flexibility index (Phi) is 2.65. The van der Waals surface area contributed by atoms with Gasteiger partial charge in [-0.2, -0.15) is 0 Å². The fourth-order valence-corrected chi connectivity index (χ4v) is 1.76. The molecular weight excluding hydrogens is 244 g/mol. The summed E-state index contributed by atoms with van der Waals surface area (Å²) >= 11 is 3.40. The van der Waals surface area contributed by atoms with E-state index in [1.54, 1.807) is 18.7 Å². The molecule has 2 rings (SSSR count). The zero-order valence-corrected chi connectivity index (χ0v) is 8.94. The molecule has 0 spiro atoms. The number of nitrogens with two attached hydrogens (primary N) is 1. The van der Waals surface area contributed by atoms with Crippen molar-refractivity contribution in [2.45, 2.75) is 6.04 Å². The Morgan fingerprint density at radius 2 is 2.29 bits per heavy atom. The fourth-order valence-electron chi connectivity index (χ4n) is 1.26. The first-order valence-electron chi connectivity index (χ1n) is 4.17. The molecule has 0 aliphatic rings. The molecule has 14 heavy (non-hydrogen) atoms. The SMILES string of the molecule is NC(c1ccco1)c1ccncc1Br. The Labute approximate surface area is 90.1 Å². The Bertz CT molecular complexity index is 414. The molecule has 3 nitrogen and oxygen atoms in total. The van der Waals surface area contributed by atoms with Crippen molar-refractivity contribution >= 4 is 15.9 Å². The molecule has 2 heterocycles. The summed E-state index contributed by atoms with van der Waals surface area (Å²) in [5.41, 5.74) is 6.98. The Morgan fingerprint density at radius 1 is 1.43 bits per heavy atom. The molecule has 2 aromatic heterocycles. The molecule has 0 saturated carbocycles. The van der Waals surface area contributed by atoms with Crippen molar-refractivity contribution in [1.82, 2.24) is 4.98 Å². The molecule has 0 bridgehead atoms. The molecule has 0 radical (unpaired) electrons. The third-order valence-corrected chi connectivity index (χ3v) is 2.65. The minimum Gasteiger partial charge on any atom is -0.467 e. The monoisotopic (exact) mass is 252 g/mol. The largest absolute Gasteiger partial charge is 0.467 e. The highest BCUT2D eigenvalue weighted by molar-refractivity contribution is 9.10. The van der Waals surface area contributed by atoms with E-state index in [0.29, 0.717) is 0 Å². The average molecular weight is 253 g/mol. The smallest absolute Gasteiger partial charge is 0.125 e.